The van der Waals surface area contributed by atoms with Gasteiger partial charge in [-0.3, -0.25) is 4.79 Å². The summed E-state index contributed by atoms with van der Waals surface area (Å²) in [6, 6.07) is 0. The fraction of sp³-hybridized carbons (Fsp3) is 0.941. The van der Waals surface area contributed by atoms with Crippen molar-refractivity contribution in [3.05, 3.63) is 0 Å². The van der Waals surface area contributed by atoms with E-state index in [0.29, 0.717) is 11.0 Å². The van der Waals surface area contributed by atoms with Gasteiger partial charge >= 0.3 is 0 Å². The standard InChI is InChI=1S/C17H36N2O.ClH/c1-5-6-7-8-9-10-11-12-13-14-15-18-17(20)16-19(2,3)4;/h5-16H2,1-4H3;1H. The molecule has 0 aliphatic rings. The lowest BCUT2D eigenvalue weighted by Gasteiger charge is -2.22. The molecule has 0 unspecified atom stereocenters. The highest BCUT2D eigenvalue weighted by Gasteiger charge is 2.12. The highest BCUT2D eigenvalue weighted by Crippen LogP contribution is 2.10. The lowest BCUT2D eigenvalue weighted by atomic mass is 10.1. The molecule has 21 heavy (non-hydrogen) atoms. The second-order valence-corrected chi connectivity index (χ2v) is 6.98. The Morgan fingerprint density at radius 1 is 0.810 bits per heavy atom. The maximum atomic E-state index is 11.6. The third-order valence-corrected chi connectivity index (χ3v) is 3.47. The van der Waals surface area contributed by atoms with Crippen LogP contribution in [0, 0.1) is 0 Å². The molecule has 0 fully saturated rings. The Morgan fingerprint density at radius 3 is 1.67 bits per heavy atom. The van der Waals surface area contributed by atoms with Crippen molar-refractivity contribution < 1.29 is 21.7 Å². The Kier molecular flexibility index (Phi) is 16.0. The predicted molar refractivity (Wildman–Crippen MR) is 87.8 cm³/mol. The first-order valence-electron chi connectivity index (χ1n) is 8.53. The van der Waals surface area contributed by atoms with Gasteiger partial charge in [-0.25, -0.2) is 0 Å². The molecule has 4 heteroatoms. The van der Waals surface area contributed by atoms with Crippen molar-refractivity contribution in [3.63, 3.8) is 0 Å². The molecule has 0 radical (unpaired) electrons. The smallest absolute Gasteiger partial charge is 0.275 e. The summed E-state index contributed by atoms with van der Waals surface area (Å²) in [4.78, 5) is 11.6. The second-order valence-electron chi connectivity index (χ2n) is 6.98. The molecule has 0 bridgehead atoms. The SMILES string of the molecule is CCCCCCCCCCCCNC(=O)C[N+](C)(C)C.[Cl-]. The van der Waals surface area contributed by atoms with Gasteiger partial charge in [-0.05, 0) is 6.42 Å². The Bertz CT molecular complexity index is 239. The molecular weight excluding hydrogens is 284 g/mol. The van der Waals surface area contributed by atoms with E-state index in [2.05, 4.69) is 12.2 Å². The van der Waals surface area contributed by atoms with Crippen LogP contribution >= 0.6 is 0 Å². The number of hydrogen-bond donors (Lipinski definition) is 1. The van der Waals surface area contributed by atoms with Gasteiger partial charge in [0.2, 0.25) is 0 Å². The average Bonchev–Trinajstić information content (AvgIpc) is 2.34. The van der Waals surface area contributed by atoms with Crippen LogP contribution in [0.25, 0.3) is 0 Å². The zero-order chi connectivity index (χ0) is 15.3. The van der Waals surface area contributed by atoms with Gasteiger partial charge in [-0.1, -0.05) is 64.7 Å². The van der Waals surface area contributed by atoms with Crippen molar-refractivity contribution in [2.24, 2.45) is 0 Å². The van der Waals surface area contributed by atoms with Gasteiger partial charge in [0.15, 0.2) is 6.54 Å². The number of hydrogen-bond acceptors (Lipinski definition) is 1. The molecule has 0 aliphatic carbocycles. The van der Waals surface area contributed by atoms with Crippen LogP contribution in [-0.4, -0.2) is 44.6 Å². The Balaban J connectivity index is 0. The first kappa shape index (κ1) is 23.0. The number of unbranched alkanes of at least 4 members (excludes halogenated alkanes) is 9. The predicted octanol–water partition coefficient (Wildman–Crippen LogP) is 0.734. The van der Waals surface area contributed by atoms with E-state index in [1.54, 1.807) is 0 Å². The highest BCUT2D eigenvalue weighted by molar-refractivity contribution is 5.76. The third-order valence-electron chi connectivity index (χ3n) is 3.47. The van der Waals surface area contributed by atoms with Crippen molar-refractivity contribution >= 4 is 5.91 Å². The fourth-order valence-electron chi connectivity index (χ4n) is 2.33. The van der Waals surface area contributed by atoms with E-state index >= 15 is 0 Å². The number of nitrogens with one attached hydrogen (secondary N) is 1. The molecule has 1 amide bonds. The maximum Gasteiger partial charge on any atom is 0.275 e. The summed E-state index contributed by atoms with van der Waals surface area (Å²) in [5.41, 5.74) is 0. The van der Waals surface area contributed by atoms with E-state index in [9.17, 15) is 4.79 Å². The van der Waals surface area contributed by atoms with Crippen molar-refractivity contribution in [2.75, 3.05) is 34.2 Å². The number of likely N-dealkylation sites (N-methyl/N-ethyl adjacent to an activating group) is 1. The number of halogens is 1. The molecular formula is C17H37ClN2O. The van der Waals surface area contributed by atoms with Gasteiger partial charge in [-0.2, -0.15) is 0 Å². The summed E-state index contributed by atoms with van der Waals surface area (Å²) in [7, 11) is 6.13. The molecule has 0 aromatic heterocycles. The number of nitrogens with zero attached hydrogens (tertiary/aromatic N) is 1. The van der Waals surface area contributed by atoms with E-state index < -0.39 is 0 Å². The van der Waals surface area contributed by atoms with Crippen LogP contribution in [0.15, 0.2) is 0 Å². The molecule has 0 atom stereocenters. The van der Waals surface area contributed by atoms with E-state index in [4.69, 9.17) is 0 Å². The van der Waals surface area contributed by atoms with E-state index in [-0.39, 0.29) is 18.3 Å². The largest absolute Gasteiger partial charge is 1.00 e. The van der Waals surface area contributed by atoms with Crippen LogP contribution in [0.4, 0.5) is 0 Å². The van der Waals surface area contributed by atoms with Crippen LogP contribution in [0.2, 0.25) is 0 Å². The molecule has 0 rings (SSSR count). The molecule has 0 aromatic carbocycles. The number of amides is 1. The molecule has 3 nitrogen and oxygen atoms in total. The molecule has 0 saturated carbocycles. The van der Waals surface area contributed by atoms with E-state index in [0.717, 1.165) is 13.0 Å². The molecule has 0 aromatic rings. The van der Waals surface area contributed by atoms with Crippen molar-refractivity contribution in [1.82, 2.24) is 5.32 Å². The van der Waals surface area contributed by atoms with Gasteiger partial charge < -0.3 is 22.2 Å². The monoisotopic (exact) mass is 320 g/mol. The first-order valence-corrected chi connectivity index (χ1v) is 8.53. The number of quaternary nitrogens is 1. The summed E-state index contributed by atoms with van der Waals surface area (Å²) in [6.45, 7) is 3.67. The minimum absolute atomic E-state index is 0. The zero-order valence-electron chi connectivity index (χ0n) is 14.7. The molecule has 128 valence electrons. The molecule has 0 saturated heterocycles. The summed E-state index contributed by atoms with van der Waals surface area (Å²) < 4.78 is 0.698. The maximum absolute atomic E-state index is 11.6. The van der Waals surface area contributed by atoms with Gasteiger partial charge in [0.1, 0.15) is 0 Å². The van der Waals surface area contributed by atoms with E-state index in [1.807, 2.05) is 21.1 Å². The second kappa shape index (κ2) is 14.6. The van der Waals surface area contributed by atoms with Crippen LogP contribution < -0.4 is 17.7 Å². The zero-order valence-corrected chi connectivity index (χ0v) is 15.5. The van der Waals surface area contributed by atoms with Crippen LogP contribution in [-0.2, 0) is 4.79 Å². The van der Waals surface area contributed by atoms with Crippen molar-refractivity contribution in [3.8, 4) is 0 Å². The quantitative estimate of drug-likeness (QED) is 0.393. The van der Waals surface area contributed by atoms with Crippen molar-refractivity contribution in [2.45, 2.75) is 71.1 Å². The lowest BCUT2D eigenvalue weighted by molar-refractivity contribution is -0.862. The number of carbonyl (C=O) groups excluding carboxylic acids is 1. The number of carbonyl (C=O) groups is 1. The molecule has 1 N–H and O–H groups in total. The average molecular weight is 321 g/mol. The lowest BCUT2D eigenvalue weighted by Crippen LogP contribution is -3.00. The van der Waals surface area contributed by atoms with Crippen LogP contribution in [0.1, 0.15) is 71.1 Å². The minimum atomic E-state index is 0. The highest BCUT2D eigenvalue weighted by atomic mass is 35.5. The van der Waals surface area contributed by atoms with Gasteiger partial charge in [-0.15, -0.1) is 0 Å². The third kappa shape index (κ3) is 19.7. The Hall–Kier alpha value is -0.280. The van der Waals surface area contributed by atoms with Crippen LogP contribution in [0.5, 0.6) is 0 Å². The summed E-state index contributed by atoms with van der Waals surface area (Å²) in [5, 5.41) is 3.01. The molecule has 0 aliphatic heterocycles. The summed E-state index contributed by atoms with van der Waals surface area (Å²) >= 11 is 0. The van der Waals surface area contributed by atoms with Gasteiger partial charge in [0.25, 0.3) is 5.91 Å². The van der Waals surface area contributed by atoms with Gasteiger partial charge in [0, 0.05) is 6.54 Å². The minimum Gasteiger partial charge on any atom is -1.00 e. The normalized spacial score (nSPS) is 11.0. The van der Waals surface area contributed by atoms with E-state index in [1.165, 1.54) is 57.8 Å². The Labute approximate surface area is 138 Å². The first-order chi connectivity index (χ1) is 9.45. The van der Waals surface area contributed by atoms with Crippen LogP contribution in [0.3, 0.4) is 0 Å². The molecule has 0 spiro atoms. The van der Waals surface area contributed by atoms with Gasteiger partial charge in [0.05, 0.1) is 21.1 Å². The topological polar surface area (TPSA) is 29.1 Å². The van der Waals surface area contributed by atoms with Crippen molar-refractivity contribution in [1.29, 1.82) is 0 Å². The summed E-state index contributed by atoms with van der Waals surface area (Å²) in [5.74, 6) is 0.174. The Morgan fingerprint density at radius 2 is 1.24 bits per heavy atom. The summed E-state index contributed by atoms with van der Waals surface area (Å²) in [6.07, 6.45) is 13.4. The fourth-order valence-corrected chi connectivity index (χ4v) is 2.33. The number of rotatable bonds is 13. The molecule has 0 heterocycles.